The summed E-state index contributed by atoms with van der Waals surface area (Å²) >= 11 is 11.8. The normalized spacial score (nSPS) is 10.6. The lowest BCUT2D eigenvalue weighted by molar-refractivity contribution is 0.101. The predicted molar refractivity (Wildman–Crippen MR) is 112 cm³/mol. The number of methoxy groups -OCH3 is 1. The third-order valence-corrected chi connectivity index (χ3v) is 4.76. The Morgan fingerprint density at radius 2 is 1.38 bits per heavy atom. The fraction of sp³-hybridized carbons (Fsp3) is 0.0476. The van der Waals surface area contributed by atoms with Gasteiger partial charge in [-0.15, -0.1) is 0 Å². The van der Waals surface area contributed by atoms with Crippen molar-refractivity contribution in [2.75, 3.05) is 17.7 Å². The number of carbonyl (C=O) groups is 2. The molecule has 11 heteroatoms. The van der Waals surface area contributed by atoms with E-state index in [1.807, 2.05) is 0 Å². The van der Waals surface area contributed by atoms with Crippen LogP contribution in [-0.4, -0.2) is 18.9 Å². The monoisotopic (exact) mass is 486 g/mol. The minimum absolute atomic E-state index is 0.0227. The highest BCUT2D eigenvalue weighted by Gasteiger charge is 2.30. The van der Waals surface area contributed by atoms with Gasteiger partial charge < -0.3 is 15.4 Å². The largest absolute Gasteiger partial charge is 0.491 e. The third kappa shape index (κ3) is 4.63. The molecule has 32 heavy (non-hydrogen) atoms. The number of hydrogen-bond acceptors (Lipinski definition) is 3. The summed E-state index contributed by atoms with van der Waals surface area (Å²) < 4.78 is 60.3. The predicted octanol–water partition coefficient (Wildman–Crippen LogP) is 6.06. The molecule has 0 spiro atoms. The van der Waals surface area contributed by atoms with Crippen LogP contribution in [0.4, 0.5) is 28.9 Å². The van der Waals surface area contributed by atoms with Gasteiger partial charge >= 0.3 is 0 Å². The van der Waals surface area contributed by atoms with Crippen LogP contribution in [0.5, 0.6) is 5.75 Å². The highest BCUT2D eigenvalue weighted by molar-refractivity contribution is 6.37. The number of rotatable bonds is 5. The van der Waals surface area contributed by atoms with Crippen LogP contribution in [0.25, 0.3) is 0 Å². The molecule has 0 radical (unpaired) electrons. The van der Waals surface area contributed by atoms with Gasteiger partial charge in [0, 0.05) is 16.4 Å². The highest BCUT2D eigenvalue weighted by Crippen LogP contribution is 2.30. The molecule has 0 atom stereocenters. The molecule has 0 heterocycles. The van der Waals surface area contributed by atoms with E-state index in [1.54, 1.807) is 0 Å². The molecule has 0 fully saturated rings. The zero-order chi connectivity index (χ0) is 23.6. The van der Waals surface area contributed by atoms with Crippen LogP contribution in [0.15, 0.2) is 42.5 Å². The van der Waals surface area contributed by atoms with Crippen LogP contribution in [0.2, 0.25) is 10.0 Å². The van der Waals surface area contributed by atoms with Crippen molar-refractivity contribution in [2.45, 2.75) is 0 Å². The number of hydrogen-bond donors (Lipinski definition) is 2. The van der Waals surface area contributed by atoms with Gasteiger partial charge in [-0.1, -0.05) is 29.3 Å². The first-order chi connectivity index (χ1) is 15.1. The summed E-state index contributed by atoms with van der Waals surface area (Å²) in [7, 11) is 0.817. The first-order valence-corrected chi connectivity index (χ1v) is 9.47. The van der Waals surface area contributed by atoms with Crippen molar-refractivity contribution in [1.82, 2.24) is 0 Å². The molecule has 3 aromatic rings. The van der Waals surface area contributed by atoms with Gasteiger partial charge in [0.2, 0.25) is 11.6 Å². The Bertz CT molecular complexity index is 1210. The number of nitrogens with one attached hydrogen (secondary N) is 2. The lowest BCUT2D eigenvalue weighted by Gasteiger charge is -2.12. The van der Waals surface area contributed by atoms with Crippen LogP contribution in [-0.2, 0) is 0 Å². The molecule has 0 saturated heterocycles. The van der Waals surface area contributed by atoms with E-state index in [0.29, 0.717) is 5.02 Å². The van der Waals surface area contributed by atoms with Gasteiger partial charge in [-0.3, -0.25) is 9.59 Å². The average molecular weight is 487 g/mol. The van der Waals surface area contributed by atoms with Gasteiger partial charge in [0.25, 0.3) is 11.8 Å². The van der Waals surface area contributed by atoms with E-state index in [2.05, 4.69) is 15.4 Å². The lowest BCUT2D eigenvalue weighted by atomic mass is 10.1. The van der Waals surface area contributed by atoms with Crippen molar-refractivity contribution in [2.24, 2.45) is 0 Å². The maximum absolute atomic E-state index is 14.1. The van der Waals surface area contributed by atoms with Crippen LogP contribution < -0.4 is 15.4 Å². The summed E-state index contributed by atoms with van der Waals surface area (Å²) in [6.45, 7) is 0. The Morgan fingerprint density at radius 3 is 1.91 bits per heavy atom. The van der Waals surface area contributed by atoms with Gasteiger partial charge in [-0.2, -0.15) is 8.78 Å². The topological polar surface area (TPSA) is 67.4 Å². The van der Waals surface area contributed by atoms with E-state index < -0.39 is 46.4 Å². The maximum atomic E-state index is 14.1. The van der Waals surface area contributed by atoms with E-state index in [9.17, 15) is 27.2 Å². The molecule has 0 unspecified atom stereocenters. The highest BCUT2D eigenvalue weighted by atomic mass is 35.5. The van der Waals surface area contributed by atoms with Crippen molar-refractivity contribution in [3.05, 3.63) is 86.9 Å². The van der Waals surface area contributed by atoms with Crippen molar-refractivity contribution in [3.8, 4) is 5.75 Å². The standard InChI is InChI=1S/C21H12Cl2F4N2O3/c1-32-19-17(26)15(24)14(16(25)18(19)27)21(31)29-11-4-2-3-10(8-11)28-20(30)12-6-5-9(22)7-13(12)23/h2-8H,1H3,(H,28,30)(H,29,31). The molecule has 0 aliphatic heterocycles. The van der Waals surface area contributed by atoms with E-state index >= 15 is 0 Å². The molecule has 3 rings (SSSR count). The second-order valence-corrected chi connectivity index (χ2v) is 7.12. The van der Waals surface area contributed by atoms with Gasteiger partial charge in [-0.05, 0) is 36.4 Å². The number of benzene rings is 3. The fourth-order valence-electron chi connectivity index (χ4n) is 2.73. The maximum Gasteiger partial charge on any atom is 0.261 e. The number of ether oxygens (including phenoxy) is 1. The van der Waals surface area contributed by atoms with Crippen molar-refractivity contribution >= 4 is 46.4 Å². The lowest BCUT2D eigenvalue weighted by Crippen LogP contribution is -2.19. The first-order valence-electron chi connectivity index (χ1n) is 8.71. The van der Waals surface area contributed by atoms with Gasteiger partial charge in [-0.25, -0.2) is 8.78 Å². The molecular weight excluding hydrogens is 475 g/mol. The van der Waals surface area contributed by atoms with E-state index in [0.717, 1.165) is 7.11 Å². The Hall–Kier alpha value is -3.30. The molecule has 0 aromatic heterocycles. The minimum atomic E-state index is -1.92. The van der Waals surface area contributed by atoms with Crippen molar-refractivity contribution < 1.29 is 31.9 Å². The van der Waals surface area contributed by atoms with Crippen LogP contribution in [0.3, 0.4) is 0 Å². The Kier molecular flexibility index (Phi) is 6.90. The summed E-state index contributed by atoms with van der Waals surface area (Å²) in [5, 5.41) is 5.08. The number of halogens is 6. The van der Waals surface area contributed by atoms with Crippen LogP contribution in [0, 0.1) is 23.3 Å². The molecule has 0 saturated carbocycles. The number of carbonyl (C=O) groups excluding carboxylic acids is 2. The van der Waals surface area contributed by atoms with Crippen molar-refractivity contribution in [1.29, 1.82) is 0 Å². The summed E-state index contributed by atoms with van der Waals surface area (Å²) in [6, 6.07) is 9.71. The molecule has 0 aliphatic carbocycles. The molecular formula is C21H12Cl2F4N2O3. The Labute approximate surface area is 188 Å². The van der Waals surface area contributed by atoms with Crippen LogP contribution in [0.1, 0.15) is 20.7 Å². The molecule has 2 amide bonds. The van der Waals surface area contributed by atoms with Gasteiger partial charge in [0.15, 0.2) is 17.4 Å². The third-order valence-electron chi connectivity index (χ3n) is 4.21. The quantitative estimate of drug-likeness (QED) is 0.340. The summed E-state index contributed by atoms with van der Waals surface area (Å²) in [5.74, 6) is -10.9. The molecule has 166 valence electrons. The first kappa shape index (κ1) is 23.4. The second-order valence-electron chi connectivity index (χ2n) is 6.28. The van der Waals surface area contributed by atoms with Gasteiger partial charge in [0.05, 0.1) is 17.7 Å². The molecule has 0 bridgehead atoms. The van der Waals surface area contributed by atoms with E-state index in [-0.39, 0.29) is 22.0 Å². The van der Waals surface area contributed by atoms with Crippen molar-refractivity contribution in [3.63, 3.8) is 0 Å². The molecule has 0 aliphatic rings. The molecule has 5 nitrogen and oxygen atoms in total. The van der Waals surface area contributed by atoms with Crippen LogP contribution >= 0.6 is 23.2 Å². The zero-order valence-electron chi connectivity index (χ0n) is 16.0. The van der Waals surface area contributed by atoms with Gasteiger partial charge in [0.1, 0.15) is 5.56 Å². The smallest absolute Gasteiger partial charge is 0.261 e. The number of amides is 2. The molecule has 3 aromatic carbocycles. The minimum Gasteiger partial charge on any atom is -0.491 e. The fourth-order valence-corrected chi connectivity index (χ4v) is 3.22. The SMILES string of the molecule is COc1c(F)c(F)c(C(=O)Nc2cccc(NC(=O)c3ccc(Cl)cc3Cl)c2)c(F)c1F. The van der Waals surface area contributed by atoms with E-state index in [1.165, 1.54) is 42.5 Å². The summed E-state index contributed by atoms with van der Waals surface area (Å²) in [5.41, 5.74) is -1.18. The second kappa shape index (κ2) is 9.46. The molecule has 2 N–H and O–H groups in total. The van der Waals surface area contributed by atoms with E-state index in [4.69, 9.17) is 23.2 Å². The zero-order valence-corrected chi connectivity index (χ0v) is 17.5. The number of anilines is 2. The summed E-state index contributed by atoms with van der Waals surface area (Å²) in [6.07, 6.45) is 0. The Morgan fingerprint density at radius 1 is 0.812 bits per heavy atom. The summed E-state index contributed by atoms with van der Waals surface area (Å²) in [4.78, 5) is 24.7. The average Bonchev–Trinajstić information content (AvgIpc) is 2.73. The Balaban J connectivity index is 1.84.